The van der Waals surface area contributed by atoms with Gasteiger partial charge in [0.25, 0.3) is 0 Å². The lowest BCUT2D eigenvalue weighted by Gasteiger charge is -2.12. The molecule has 1 atom stereocenters. The lowest BCUT2D eigenvalue weighted by atomic mass is 10.2. The van der Waals surface area contributed by atoms with Crippen LogP contribution in [0, 0.1) is 0 Å². The Bertz CT molecular complexity index is 543. The van der Waals surface area contributed by atoms with Crippen molar-refractivity contribution in [1.29, 1.82) is 0 Å². The van der Waals surface area contributed by atoms with E-state index in [4.69, 9.17) is 28.3 Å². The molecule has 1 heterocycles. The van der Waals surface area contributed by atoms with Gasteiger partial charge in [-0.1, -0.05) is 23.2 Å². The maximum Gasteiger partial charge on any atom is 0.141 e. The summed E-state index contributed by atoms with van der Waals surface area (Å²) in [5.41, 5.74) is 0.733. The van der Waals surface area contributed by atoms with Crippen LogP contribution in [0.25, 0.3) is 11.4 Å². The van der Waals surface area contributed by atoms with Crippen molar-refractivity contribution in [1.82, 2.24) is 9.55 Å². The van der Waals surface area contributed by atoms with Gasteiger partial charge in [0.1, 0.15) is 5.82 Å². The molecular formula is C12H12Cl2N2O2. The normalized spacial score (nSPS) is 12.7. The number of hydrogen-bond acceptors (Lipinski definition) is 3. The van der Waals surface area contributed by atoms with Crippen LogP contribution in [0.1, 0.15) is 0 Å². The van der Waals surface area contributed by atoms with Crippen LogP contribution in [-0.2, 0) is 6.54 Å². The Kier molecular flexibility index (Phi) is 4.24. The number of imidazole rings is 1. The number of nitrogens with zero attached hydrogens (tertiary/aromatic N) is 2. The number of aliphatic hydroxyl groups is 2. The van der Waals surface area contributed by atoms with Gasteiger partial charge in [-0.25, -0.2) is 4.98 Å². The van der Waals surface area contributed by atoms with Crippen molar-refractivity contribution in [2.24, 2.45) is 0 Å². The van der Waals surface area contributed by atoms with Crippen LogP contribution in [-0.4, -0.2) is 32.5 Å². The Morgan fingerprint density at radius 2 is 2.11 bits per heavy atom. The molecule has 0 aliphatic heterocycles. The molecule has 2 N–H and O–H groups in total. The Morgan fingerprint density at radius 3 is 2.78 bits per heavy atom. The predicted molar refractivity (Wildman–Crippen MR) is 70.8 cm³/mol. The third kappa shape index (κ3) is 2.84. The summed E-state index contributed by atoms with van der Waals surface area (Å²) >= 11 is 12.0. The number of benzene rings is 1. The standard InChI is InChI=1S/C12H12Cl2N2O2/c13-8-1-2-10(11(14)5-8)12-15-3-4-16(12)6-9(18)7-17/h1-5,9,17-18H,6-7H2. The van der Waals surface area contributed by atoms with Gasteiger partial charge in [0.05, 0.1) is 24.3 Å². The minimum atomic E-state index is -0.830. The minimum absolute atomic E-state index is 0.255. The molecule has 18 heavy (non-hydrogen) atoms. The second-order valence-corrected chi connectivity index (χ2v) is 4.71. The molecule has 0 radical (unpaired) electrons. The summed E-state index contributed by atoms with van der Waals surface area (Å²) in [6, 6.07) is 5.14. The molecule has 6 heteroatoms. The van der Waals surface area contributed by atoms with Gasteiger partial charge in [-0.15, -0.1) is 0 Å². The second kappa shape index (κ2) is 5.71. The molecule has 0 fully saturated rings. The molecule has 2 rings (SSSR count). The van der Waals surface area contributed by atoms with Crippen molar-refractivity contribution in [3.05, 3.63) is 40.6 Å². The molecular weight excluding hydrogens is 275 g/mol. The van der Waals surface area contributed by atoms with E-state index in [1.165, 1.54) is 0 Å². The summed E-state index contributed by atoms with van der Waals surface area (Å²) in [7, 11) is 0. The zero-order valence-corrected chi connectivity index (χ0v) is 10.9. The van der Waals surface area contributed by atoms with Crippen LogP contribution in [0.5, 0.6) is 0 Å². The fourth-order valence-corrected chi connectivity index (χ4v) is 2.15. The third-order valence-electron chi connectivity index (χ3n) is 2.51. The van der Waals surface area contributed by atoms with Crippen molar-refractivity contribution in [2.75, 3.05) is 6.61 Å². The van der Waals surface area contributed by atoms with Crippen molar-refractivity contribution in [2.45, 2.75) is 12.6 Å². The van der Waals surface area contributed by atoms with E-state index in [1.54, 1.807) is 35.2 Å². The highest BCUT2D eigenvalue weighted by atomic mass is 35.5. The van der Waals surface area contributed by atoms with Gasteiger partial charge in [-0.2, -0.15) is 0 Å². The van der Waals surface area contributed by atoms with Gasteiger partial charge in [0.2, 0.25) is 0 Å². The van der Waals surface area contributed by atoms with Crippen molar-refractivity contribution >= 4 is 23.2 Å². The molecule has 1 unspecified atom stereocenters. The number of halogens is 2. The van der Waals surface area contributed by atoms with Gasteiger partial charge in [0.15, 0.2) is 0 Å². The highest BCUT2D eigenvalue weighted by molar-refractivity contribution is 6.36. The molecule has 0 aliphatic rings. The molecule has 1 aromatic heterocycles. The number of aromatic nitrogens is 2. The molecule has 4 nitrogen and oxygen atoms in total. The van der Waals surface area contributed by atoms with Gasteiger partial charge >= 0.3 is 0 Å². The fraction of sp³-hybridized carbons (Fsp3) is 0.250. The van der Waals surface area contributed by atoms with Crippen LogP contribution in [0.4, 0.5) is 0 Å². The first-order valence-electron chi connectivity index (χ1n) is 5.37. The van der Waals surface area contributed by atoms with E-state index in [1.807, 2.05) is 0 Å². The summed E-state index contributed by atoms with van der Waals surface area (Å²) in [5.74, 6) is 0.629. The first kappa shape index (κ1) is 13.4. The van der Waals surface area contributed by atoms with Crippen molar-refractivity contribution < 1.29 is 10.2 Å². The van der Waals surface area contributed by atoms with E-state index in [0.29, 0.717) is 15.9 Å². The predicted octanol–water partition coefficient (Wildman–Crippen LogP) is 2.21. The van der Waals surface area contributed by atoms with Crippen LogP contribution in [0.2, 0.25) is 10.0 Å². The average Bonchev–Trinajstić information content (AvgIpc) is 2.77. The maximum absolute atomic E-state index is 9.46. The maximum atomic E-state index is 9.46. The summed E-state index contributed by atoms with van der Waals surface area (Å²) in [6.07, 6.45) is 2.51. The van der Waals surface area contributed by atoms with Crippen LogP contribution >= 0.6 is 23.2 Å². The molecule has 96 valence electrons. The zero-order valence-electron chi connectivity index (χ0n) is 9.42. The summed E-state index contributed by atoms with van der Waals surface area (Å²) in [5, 5.41) is 19.4. The van der Waals surface area contributed by atoms with E-state index in [9.17, 15) is 5.11 Å². The molecule has 0 bridgehead atoms. The van der Waals surface area contributed by atoms with E-state index in [2.05, 4.69) is 4.98 Å². The summed E-state index contributed by atoms with van der Waals surface area (Å²) in [6.45, 7) is -0.0449. The Morgan fingerprint density at radius 1 is 1.33 bits per heavy atom. The van der Waals surface area contributed by atoms with E-state index in [-0.39, 0.29) is 13.2 Å². The molecule has 0 saturated heterocycles. The second-order valence-electron chi connectivity index (χ2n) is 3.86. The van der Waals surface area contributed by atoms with E-state index in [0.717, 1.165) is 5.56 Å². The lowest BCUT2D eigenvalue weighted by Crippen LogP contribution is -2.19. The van der Waals surface area contributed by atoms with Crippen LogP contribution in [0.15, 0.2) is 30.6 Å². The summed E-state index contributed by atoms with van der Waals surface area (Å²) < 4.78 is 1.73. The summed E-state index contributed by atoms with van der Waals surface area (Å²) in [4.78, 5) is 4.21. The quantitative estimate of drug-likeness (QED) is 0.906. The Hall–Kier alpha value is -1.07. The van der Waals surface area contributed by atoms with E-state index < -0.39 is 6.10 Å². The topological polar surface area (TPSA) is 58.3 Å². The molecule has 0 spiro atoms. The smallest absolute Gasteiger partial charge is 0.141 e. The SMILES string of the molecule is OCC(O)Cn1ccnc1-c1ccc(Cl)cc1Cl. The highest BCUT2D eigenvalue weighted by Crippen LogP contribution is 2.29. The van der Waals surface area contributed by atoms with Crippen molar-refractivity contribution in [3.63, 3.8) is 0 Å². The highest BCUT2D eigenvalue weighted by Gasteiger charge is 2.12. The van der Waals surface area contributed by atoms with Crippen LogP contribution in [0.3, 0.4) is 0 Å². The first-order chi connectivity index (χ1) is 8.61. The average molecular weight is 287 g/mol. The van der Waals surface area contributed by atoms with Crippen LogP contribution < -0.4 is 0 Å². The zero-order chi connectivity index (χ0) is 13.1. The number of rotatable bonds is 4. The number of aliphatic hydroxyl groups excluding tert-OH is 2. The Balaban J connectivity index is 2.36. The van der Waals surface area contributed by atoms with Gasteiger partial charge in [-0.3, -0.25) is 0 Å². The molecule has 0 saturated carbocycles. The molecule has 0 aliphatic carbocycles. The molecule has 2 aromatic rings. The molecule has 1 aromatic carbocycles. The fourth-order valence-electron chi connectivity index (χ4n) is 1.66. The Labute approximate surface area is 114 Å². The number of hydrogen-bond donors (Lipinski definition) is 2. The molecule has 0 amide bonds. The van der Waals surface area contributed by atoms with Gasteiger partial charge in [-0.05, 0) is 18.2 Å². The first-order valence-corrected chi connectivity index (χ1v) is 6.13. The van der Waals surface area contributed by atoms with E-state index >= 15 is 0 Å². The third-order valence-corrected chi connectivity index (χ3v) is 3.05. The van der Waals surface area contributed by atoms with Crippen molar-refractivity contribution in [3.8, 4) is 11.4 Å². The van der Waals surface area contributed by atoms with Gasteiger partial charge in [0, 0.05) is 23.0 Å². The largest absolute Gasteiger partial charge is 0.394 e. The lowest BCUT2D eigenvalue weighted by molar-refractivity contribution is 0.0816. The monoisotopic (exact) mass is 286 g/mol. The van der Waals surface area contributed by atoms with Gasteiger partial charge < -0.3 is 14.8 Å². The minimum Gasteiger partial charge on any atom is -0.394 e.